The van der Waals surface area contributed by atoms with Crippen LogP contribution >= 0.6 is 0 Å². The van der Waals surface area contributed by atoms with Crippen LogP contribution in [0.2, 0.25) is 0 Å². The topological polar surface area (TPSA) is 78.9 Å². The van der Waals surface area contributed by atoms with E-state index in [0.717, 1.165) is 6.42 Å². The molecule has 0 fully saturated rings. The minimum atomic E-state index is -0.134. The third-order valence-electron chi connectivity index (χ3n) is 2.44. The van der Waals surface area contributed by atoms with Crippen molar-refractivity contribution >= 4 is 5.91 Å². The van der Waals surface area contributed by atoms with Gasteiger partial charge in [0.25, 0.3) is 0 Å². The molecule has 0 aromatic heterocycles. The highest BCUT2D eigenvalue weighted by atomic mass is 16.1. The van der Waals surface area contributed by atoms with Gasteiger partial charge in [-0.3, -0.25) is 4.79 Å². The summed E-state index contributed by atoms with van der Waals surface area (Å²) < 4.78 is 0. The average Bonchev–Trinajstić information content (AvgIpc) is 2.24. The SMILES string of the molecule is CC(C)C[C@H](CN)CC(=O)NCC(C)C#N. The maximum absolute atomic E-state index is 11.5. The van der Waals surface area contributed by atoms with E-state index in [2.05, 4.69) is 25.2 Å². The second-order valence-electron chi connectivity index (χ2n) is 4.77. The first-order valence-corrected chi connectivity index (χ1v) is 5.86. The summed E-state index contributed by atoms with van der Waals surface area (Å²) in [4.78, 5) is 11.5. The van der Waals surface area contributed by atoms with Crippen LogP contribution in [0.3, 0.4) is 0 Å². The van der Waals surface area contributed by atoms with Crippen LogP contribution in [0.1, 0.15) is 33.6 Å². The van der Waals surface area contributed by atoms with Gasteiger partial charge in [0.2, 0.25) is 5.91 Å². The lowest BCUT2D eigenvalue weighted by Gasteiger charge is -2.16. The van der Waals surface area contributed by atoms with Crippen molar-refractivity contribution in [1.29, 1.82) is 5.26 Å². The van der Waals surface area contributed by atoms with E-state index in [1.807, 2.05) is 0 Å². The Morgan fingerprint density at radius 1 is 1.44 bits per heavy atom. The summed E-state index contributed by atoms with van der Waals surface area (Å²) in [6.45, 7) is 7.00. The van der Waals surface area contributed by atoms with E-state index < -0.39 is 0 Å². The first kappa shape index (κ1) is 14.9. The van der Waals surface area contributed by atoms with Gasteiger partial charge in [0.1, 0.15) is 0 Å². The highest BCUT2D eigenvalue weighted by Crippen LogP contribution is 2.13. The van der Waals surface area contributed by atoms with Crippen molar-refractivity contribution < 1.29 is 4.79 Å². The normalized spacial score (nSPS) is 14.2. The molecule has 0 bridgehead atoms. The molecule has 0 saturated heterocycles. The summed E-state index contributed by atoms with van der Waals surface area (Å²) in [6.07, 6.45) is 1.44. The highest BCUT2D eigenvalue weighted by molar-refractivity contribution is 5.76. The number of nitrogens with zero attached hydrogens (tertiary/aromatic N) is 1. The van der Waals surface area contributed by atoms with Crippen molar-refractivity contribution in [3.63, 3.8) is 0 Å². The molecule has 3 N–H and O–H groups in total. The van der Waals surface area contributed by atoms with E-state index in [9.17, 15) is 4.79 Å². The number of hydrogen-bond acceptors (Lipinski definition) is 3. The lowest BCUT2D eigenvalue weighted by molar-refractivity contribution is -0.122. The van der Waals surface area contributed by atoms with Crippen LogP contribution in [0.5, 0.6) is 0 Å². The second-order valence-corrected chi connectivity index (χ2v) is 4.77. The number of carbonyl (C=O) groups is 1. The zero-order valence-corrected chi connectivity index (χ0v) is 10.5. The average molecular weight is 225 g/mol. The lowest BCUT2D eigenvalue weighted by atomic mass is 9.94. The Labute approximate surface area is 98.2 Å². The fraction of sp³-hybridized carbons (Fsp3) is 0.833. The van der Waals surface area contributed by atoms with Crippen molar-refractivity contribution in [1.82, 2.24) is 5.32 Å². The summed E-state index contributed by atoms with van der Waals surface area (Å²) in [6, 6.07) is 2.08. The van der Waals surface area contributed by atoms with Crippen molar-refractivity contribution in [3.05, 3.63) is 0 Å². The van der Waals surface area contributed by atoms with Crippen LogP contribution in [0, 0.1) is 29.1 Å². The number of nitrogens with one attached hydrogen (secondary N) is 1. The lowest BCUT2D eigenvalue weighted by Crippen LogP contribution is -2.31. The fourth-order valence-electron chi connectivity index (χ4n) is 1.58. The number of nitriles is 1. The smallest absolute Gasteiger partial charge is 0.220 e. The Kier molecular flexibility index (Phi) is 7.57. The maximum Gasteiger partial charge on any atom is 0.220 e. The first-order chi connectivity index (χ1) is 7.49. The van der Waals surface area contributed by atoms with Crippen molar-refractivity contribution in [2.75, 3.05) is 13.1 Å². The Morgan fingerprint density at radius 3 is 2.50 bits per heavy atom. The van der Waals surface area contributed by atoms with E-state index in [0.29, 0.717) is 25.4 Å². The molecule has 0 heterocycles. The Balaban J connectivity index is 3.88. The summed E-state index contributed by atoms with van der Waals surface area (Å²) >= 11 is 0. The van der Waals surface area contributed by atoms with Crippen LogP contribution in [-0.2, 0) is 4.79 Å². The van der Waals surface area contributed by atoms with Gasteiger partial charge in [0, 0.05) is 13.0 Å². The Bertz CT molecular complexity index is 245. The molecular weight excluding hydrogens is 202 g/mol. The molecule has 0 spiro atoms. The molecule has 0 aliphatic carbocycles. The zero-order chi connectivity index (χ0) is 12.6. The molecule has 1 unspecified atom stereocenters. The minimum absolute atomic E-state index is 0.00167. The molecule has 0 aliphatic rings. The molecule has 92 valence electrons. The third kappa shape index (κ3) is 7.24. The van der Waals surface area contributed by atoms with Gasteiger partial charge in [-0.25, -0.2) is 0 Å². The molecule has 0 radical (unpaired) electrons. The van der Waals surface area contributed by atoms with Crippen LogP contribution in [-0.4, -0.2) is 19.0 Å². The second kappa shape index (κ2) is 8.12. The molecule has 16 heavy (non-hydrogen) atoms. The van der Waals surface area contributed by atoms with Crippen molar-refractivity contribution in [2.45, 2.75) is 33.6 Å². The molecule has 1 amide bonds. The predicted molar refractivity (Wildman–Crippen MR) is 64.4 cm³/mol. The number of nitrogens with two attached hydrogens (primary N) is 1. The van der Waals surface area contributed by atoms with Crippen LogP contribution < -0.4 is 11.1 Å². The largest absolute Gasteiger partial charge is 0.355 e. The van der Waals surface area contributed by atoms with Gasteiger partial charge in [-0.05, 0) is 31.7 Å². The van der Waals surface area contributed by atoms with Crippen LogP contribution in [0.4, 0.5) is 0 Å². The van der Waals surface area contributed by atoms with E-state index in [1.54, 1.807) is 6.92 Å². The molecule has 0 rings (SSSR count). The Hall–Kier alpha value is -1.08. The van der Waals surface area contributed by atoms with Crippen molar-refractivity contribution in [2.24, 2.45) is 23.5 Å². The van der Waals surface area contributed by atoms with Gasteiger partial charge in [0.05, 0.1) is 12.0 Å². The van der Waals surface area contributed by atoms with E-state index >= 15 is 0 Å². The molecule has 0 aliphatic heterocycles. The highest BCUT2D eigenvalue weighted by Gasteiger charge is 2.14. The summed E-state index contributed by atoms with van der Waals surface area (Å²) in [5, 5.41) is 11.3. The monoisotopic (exact) mass is 225 g/mol. The molecule has 0 aromatic rings. The number of amides is 1. The summed E-state index contributed by atoms with van der Waals surface area (Å²) in [5.74, 6) is 0.667. The quantitative estimate of drug-likeness (QED) is 0.685. The van der Waals surface area contributed by atoms with E-state index in [4.69, 9.17) is 11.0 Å². The molecule has 2 atom stereocenters. The molecule has 0 saturated carbocycles. The molecule has 0 aromatic carbocycles. The first-order valence-electron chi connectivity index (χ1n) is 5.86. The number of hydrogen-bond donors (Lipinski definition) is 2. The minimum Gasteiger partial charge on any atom is -0.355 e. The van der Waals surface area contributed by atoms with E-state index in [-0.39, 0.29) is 17.7 Å². The predicted octanol–water partition coefficient (Wildman–Crippen LogP) is 1.27. The molecule has 4 heteroatoms. The third-order valence-corrected chi connectivity index (χ3v) is 2.44. The van der Waals surface area contributed by atoms with Gasteiger partial charge in [-0.15, -0.1) is 0 Å². The van der Waals surface area contributed by atoms with E-state index in [1.165, 1.54) is 0 Å². The van der Waals surface area contributed by atoms with Gasteiger partial charge in [0.15, 0.2) is 0 Å². The van der Waals surface area contributed by atoms with Crippen molar-refractivity contribution in [3.8, 4) is 6.07 Å². The van der Waals surface area contributed by atoms with Gasteiger partial charge < -0.3 is 11.1 Å². The van der Waals surface area contributed by atoms with Gasteiger partial charge >= 0.3 is 0 Å². The van der Waals surface area contributed by atoms with Gasteiger partial charge in [-0.2, -0.15) is 5.26 Å². The summed E-state index contributed by atoms with van der Waals surface area (Å²) in [5.41, 5.74) is 5.62. The fourth-order valence-corrected chi connectivity index (χ4v) is 1.58. The van der Waals surface area contributed by atoms with Crippen LogP contribution in [0.15, 0.2) is 0 Å². The molecule has 4 nitrogen and oxygen atoms in total. The zero-order valence-electron chi connectivity index (χ0n) is 10.5. The summed E-state index contributed by atoms with van der Waals surface area (Å²) in [7, 11) is 0. The van der Waals surface area contributed by atoms with Gasteiger partial charge in [-0.1, -0.05) is 13.8 Å². The standard InChI is InChI=1S/C12H23N3O/c1-9(2)4-11(7-14)5-12(16)15-8-10(3)6-13/h9-11H,4-5,7-8,14H2,1-3H3,(H,15,16)/t10?,11-/m0/s1. The number of rotatable bonds is 7. The van der Waals surface area contributed by atoms with Crippen LogP contribution in [0.25, 0.3) is 0 Å². The Morgan fingerprint density at radius 2 is 2.06 bits per heavy atom. The maximum atomic E-state index is 11.5. The number of carbonyl (C=O) groups excluding carboxylic acids is 1. The molecular formula is C12H23N3O.